The maximum atomic E-state index is 13.4. The van der Waals surface area contributed by atoms with Crippen LogP contribution in [-0.2, 0) is 23.9 Å². The lowest BCUT2D eigenvalue weighted by atomic mass is 9.82. The third kappa shape index (κ3) is 4.47. The van der Waals surface area contributed by atoms with E-state index >= 15 is 0 Å². The highest BCUT2D eigenvalue weighted by Gasteiger charge is 2.42. The van der Waals surface area contributed by atoms with Crippen LogP contribution in [0.3, 0.4) is 0 Å². The third-order valence-corrected chi connectivity index (χ3v) is 6.81. The topological polar surface area (TPSA) is 35.6 Å². The molecule has 2 atom stereocenters. The second-order valence-electron chi connectivity index (χ2n) is 8.90. The number of hydrogen-bond donors (Lipinski definition) is 1. The number of carbonyl (C=O) groups excluding carboxylic acids is 1. The summed E-state index contributed by atoms with van der Waals surface area (Å²) >= 11 is 0. The fourth-order valence-electron chi connectivity index (χ4n) is 5.09. The van der Waals surface area contributed by atoms with E-state index in [1.807, 2.05) is 60.7 Å². The molecule has 2 aliphatic heterocycles. The van der Waals surface area contributed by atoms with Crippen LogP contribution in [0, 0.1) is 5.92 Å². The van der Waals surface area contributed by atoms with E-state index in [1.54, 1.807) is 6.07 Å². The average molecular weight is 466 g/mol. The standard InChI is InChI=1S/C27H26F3N3O/c28-27(29,30)21-11-12-24-20(15-21)16-23(26(34)31-17-19-7-3-1-4-8-19)25-18-32(13-14-33(24)25)22-9-5-2-6-10-22/h1-12,15,23,25H,13-14,16-18H2,(H,31,34)/t23-,25-/m1/s1. The Morgan fingerprint density at radius 2 is 1.65 bits per heavy atom. The van der Waals surface area contributed by atoms with Gasteiger partial charge in [-0.3, -0.25) is 4.79 Å². The summed E-state index contributed by atoms with van der Waals surface area (Å²) in [4.78, 5) is 17.8. The van der Waals surface area contributed by atoms with Crippen molar-refractivity contribution in [2.75, 3.05) is 29.4 Å². The van der Waals surface area contributed by atoms with Gasteiger partial charge < -0.3 is 15.1 Å². The summed E-state index contributed by atoms with van der Waals surface area (Å²) in [6, 6.07) is 23.5. The van der Waals surface area contributed by atoms with E-state index in [9.17, 15) is 18.0 Å². The molecule has 1 fully saturated rings. The van der Waals surface area contributed by atoms with E-state index in [4.69, 9.17) is 0 Å². The highest BCUT2D eigenvalue weighted by molar-refractivity contribution is 5.82. The van der Waals surface area contributed by atoms with Gasteiger partial charge >= 0.3 is 6.18 Å². The molecule has 1 saturated heterocycles. The van der Waals surface area contributed by atoms with Crippen molar-refractivity contribution >= 4 is 17.3 Å². The van der Waals surface area contributed by atoms with Crippen LogP contribution in [0.1, 0.15) is 16.7 Å². The van der Waals surface area contributed by atoms with Gasteiger partial charge in [0.25, 0.3) is 0 Å². The summed E-state index contributed by atoms with van der Waals surface area (Å²) in [7, 11) is 0. The summed E-state index contributed by atoms with van der Waals surface area (Å²) in [5.74, 6) is -0.581. The molecule has 3 aromatic rings. The van der Waals surface area contributed by atoms with Gasteiger partial charge in [0.2, 0.25) is 5.91 Å². The molecule has 4 nitrogen and oxygen atoms in total. The number of nitrogens with one attached hydrogen (secondary N) is 1. The number of halogens is 3. The zero-order valence-electron chi connectivity index (χ0n) is 18.6. The van der Waals surface area contributed by atoms with Crippen molar-refractivity contribution in [1.29, 1.82) is 0 Å². The highest BCUT2D eigenvalue weighted by Crippen LogP contribution is 2.40. The Morgan fingerprint density at radius 1 is 0.941 bits per heavy atom. The smallest absolute Gasteiger partial charge is 0.368 e. The monoisotopic (exact) mass is 465 g/mol. The Bertz CT molecular complexity index is 1150. The second-order valence-corrected chi connectivity index (χ2v) is 8.90. The van der Waals surface area contributed by atoms with E-state index in [2.05, 4.69) is 15.1 Å². The van der Waals surface area contributed by atoms with Gasteiger partial charge in [-0.25, -0.2) is 0 Å². The summed E-state index contributed by atoms with van der Waals surface area (Å²) in [5, 5.41) is 3.03. The molecule has 34 heavy (non-hydrogen) atoms. The zero-order valence-corrected chi connectivity index (χ0v) is 18.6. The van der Waals surface area contributed by atoms with Crippen molar-refractivity contribution in [2.45, 2.75) is 25.2 Å². The molecule has 0 spiro atoms. The molecule has 0 radical (unpaired) electrons. The van der Waals surface area contributed by atoms with Crippen molar-refractivity contribution in [3.63, 3.8) is 0 Å². The summed E-state index contributed by atoms with van der Waals surface area (Å²) in [5.41, 5.74) is 2.79. The second kappa shape index (κ2) is 9.05. The molecular formula is C27H26F3N3O. The fraction of sp³-hybridized carbons (Fsp3) is 0.296. The van der Waals surface area contributed by atoms with Crippen molar-refractivity contribution in [3.8, 4) is 0 Å². The van der Waals surface area contributed by atoms with Gasteiger partial charge in [0.15, 0.2) is 0 Å². The predicted molar refractivity (Wildman–Crippen MR) is 127 cm³/mol. The highest BCUT2D eigenvalue weighted by atomic mass is 19.4. The Kier molecular flexibility index (Phi) is 5.94. The SMILES string of the molecule is O=C(NCc1ccccc1)[C@@H]1Cc2cc(C(F)(F)F)ccc2N2CCN(c3ccccc3)C[C@H]12. The minimum absolute atomic E-state index is 0.128. The number of amides is 1. The molecular weight excluding hydrogens is 439 g/mol. The van der Waals surface area contributed by atoms with Crippen molar-refractivity contribution in [1.82, 2.24) is 5.32 Å². The molecule has 7 heteroatoms. The molecule has 0 unspecified atom stereocenters. The maximum Gasteiger partial charge on any atom is 0.416 e. The Hall–Kier alpha value is -3.48. The van der Waals surface area contributed by atoms with Crippen LogP contribution in [0.4, 0.5) is 24.5 Å². The number of anilines is 2. The van der Waals surface area contributed by atoms with Crippen molar-refractivity contribution in [2.24, 2.45) is 5.92 Å². The molecule has 1 amide bonds. The molecule has 2 heterocycles. The van der Waals surface area contributed by atoms with Gasteiger partial charge in [0.1, 0.15) is 0 Å². The van der Waals surface area contributed by atoms with Crippen LogP contribution in [0.25, 0.3) is 0 Å². The van der Waals surface area contributed by atoms with E-state index in [-0.39, 0.29) is 18.4 Å². The van der Waals surface area contributed by atoms with Crippen LogP contribution in [0.2, 0.25) is 0 Å². The lowest BCUT2D eigenvalue weighted by Crippen LogP contribution is -2.61. The molecule has 0 aliphatic carbocycles. The predicted octanol–water partition coefficient (Wildman–Crippen LogP) is 4.89. The van der Waals surface area contributed by atoms with Crippen LogP contribution < -0.4 is 15.1 Å². The first kappa shape index (κ1) is 22.3. The van der Waals surface area contributed by atoms with E-state index < -0.39 is 17.7 Å². The molecule has 176 valence electrons. The number of fused-ring (bicyclic) bond motifs is 3. The first-order valence-corrected chi connectivity index (χ1v) is 11.5. The maximum absolute atomic E-state index is 13.4. The molecule has 1 N–H and O–H groups in total. The third-order valence-electron chi connectivity index (χ3n) is 6.81. The first-order chi connectivity index (χ1) is 16.4. The van der Waals surface area contributed by atoms with Crippen LogP contribution >= 0.6 is 0 Å². The van der Waals surface area contributed by atoms with Gasteiger partial charge in [0, 0.05) is 37.6 Å². The van der Waals surface area contributed by atoms with Crippen molar-refractivity contribution in [3.05, 3.63) is 95.6 Å². The van der Waals surface area contributed by atoms with E-state index in [0.717, 1.165) is 29.5 Å². The largest absolute Gasteiger partial charge is 0.416 e. The molecule has 3 aromatic carbocycles. The average Bonchev–Trinajstić information content (AvgIpc) is 2.86. The van der Waals surface area contributed by atoms with Gasteiger partial charge in [0.05, 0.1) is 17.5 Å². The lowest BCUT2D eigenvalue weighted by Gasteiger charge is -2.49. The van der Waals surface area contributed by atoms with E-state index in [0.29, 0.717) is 25.2 Å². The zero-order chi connectivity index (χ0) is 23.7. The fourth-order valence-corrected chi connectivity index (χ4v) is 5.09. The lowest BCUT2D eigenvalue weighted by molar-refractivity contribution is -0.137. The summed E-state index contributed by atoms with van der Waals surface area (Å²) in [6.07, 6.45) is -4.13. The van der Waals surface area contributed by atoms with Gasteiger partial charge in [-0.15, -0.1) is 0 Å². The van der Waals surface area contributed by atoms with Gasteiger partial charge in [-0.05, 0) is 47.9 Å². The van der Waals surface area contributed by atoms with Crippen LogP contribution in [0.5, 0.6) is 0 Å². The van der Waals surface area contributed by atoms with Gasteiger partial charge in [-0.1, -0.05) is 48.5 Å². The minimum Gasteiger partial charge on any atom is -0.368 e. The number of rotatable bonds is 4. The van der Waals surface area contributed by atoms with E-state index in [1.165, 1.54) is 6.07 Å². The number of nitrogens with zero attached hydrogens (tertiary/aromatic N) is 2. The molecule has 0 bridgehead atoms. The summed E-state index contributed by atoms with van der Waals surface area (Å²) < 4.78 is 40.2. The van der Waals surface area contributed by atoms with Crippen molar-refractivity contribution < 1.29 is 18.0 Å². The molecule has 0 aromatic heterocycles. The Labute approximate surface area is 197 Å². The normalized spacial score (nSPS) is 19.9. The Balaban J connectivity index is 1.44. The minimum atomic E-state index is -4.41. The number of para-hydroxylation sites is 1. The van der Waals surface area contributed by atoms with Crippen LogP contribution in [0.15, 0.2) is 78.9 Å². The number of hydrogen-bond acceptors (Lipinski definition) is 3. The number of carbonyl (C=O) groups is 1. The van der Waals surface area contributed by atoms with Crippen LogP contribution in [-0.4, -0.2) is 31.6 Å². The number of piperazine rings is 1. The molecule has 2 aliphatic rings. The molecule has 5 rings (SSSR count). The summed E-state index contributed by atoms with van der Waals surface area (Å²) in [6.45, 7) is 2.40. The number of benzene rings is 3. The van der Waals surface area contributed by atoms with Gasteiger partial charge in [-0.2, -0.15) is 13.2 Å². The number of alkyl halides is 3. The molecule has 0 saturated carbocycles. The Morgan fingerprint density at radius 3 is 2.35 bits per heavy atom. The first-order valence-electron chi connectivity index (χ1n) is 11.5. The quantitative estimate of drug-likeness (QED) is 0.596.